The molecule has 1 rings (SSSR count). The first-order valence-corrected chi connectivity index (χ1v) is 5.40. The zero-order chi connectivity index (χ0) is 12.1. The predicted molar refractivity (Wildman–Crippen MR) is 64.6 cm³/mol. The molecule has 86 valence electrons. The zero-order valence-corrected chi connectivity index (χ0v) is 10.9. The molecular formula is C11H12BrNO3. The predicted octanol–water partition coefficient (Wildman–Crippen LogP) is 2.69. The lowest BCUT2D eigenvalue weighted by Gasteiger charge is -2.06. The van der Waals surface area contributed by atoms with E-state index < -0.39 is 5.97 Å². The molecule has 0 radical (unpaired) electrons. The van der Waals surface area contributed by atoms with E-state index in [1.165, 1.54) is 14.0 Å². The highest BCUT2D eigenvalue weighted by Crippen LogP contribution is 2.23. The number of aryl methyl sites for hydroxylation is 1. The van der Waals surface area contributed by atoms with Crippen LogP contribution in [0.4, 0.5) is 0 Å². The number of rotatable bonds is 3. The highest BCUT2D eigenvalue weighted by Gasteiger charge is 2.11. The molecule has 0 fully saturated rings. The van der Waals surface area contributed by atoms with Crippen LogP contribution >= 0.6 is 15.9 Å². The Hall–Kier alpha value is -1.36. The molecular weight excluding hydrogens is 274 g/mol. The molecule has 0 heterocycles. The first-order valence-electron chi connectivity index (χ1n) is 4.60. The average Bonchev–Trinajstić information content (AvgIpc) is 2.23. The number of halogens is 1. The first-order chi connectivity index (χ1) is 7.54. The third-order valence-corrected chi connectivity index (χ3v) is 2.37. The molecule has 0 spiro atoms. The maximum absolute atomic E-state index is 11.5. The van der Waals surface area contributed by atoms with Gasteiger partial charge in [0, 0.05) is 4.47 Å². The smallest absolute Gasteiger partial charge is 0.361 e. The second-order valence-corrected chi connectivity index (χ2v) is 4.07. The molecule has 0 aliphatic rings. The Morgan fingerprint density at radius 3 is 2.75 bits per heavy atom. The summed E-state index contributed by atoms with van der Waals surface area (Å²) in [6.45, 7) is 3.39. The minimum atomic E-state index is -0.525. The number of hydrogen-bond donors (Lipinski definition) is 0. The van der Waals surface area contributed by atoms with Crippen LogP contribution in [-0.2, 0) is 9.63 Å². The van der Waals surface area contributed by atoms with Gasteiger partial charge in [0.2, 0.25) is 0 Å². The van der Waals surface area contributed by atoms with Crippen molar-refractivity contribution in [1.29, 1.82) is 0 Å². The number of benzene rings is 1. The number of nitrogens with zero attached hydrogens (tertiary/aromatic N) is 1. The van der Waals surface area contributed by atoms with E-state index in [4.69, 9.17) is 4.74 Å². The fraction of sp³-hybridized carbons (Fsp3) is 0.273. The fourth-order valence-electron chi connectivity index (χ4n) is 1.03. The second-order valence-electron chi connectivity index (χ2n) is 3.16. The van der Waals surface area contributed by atoms with E-state index in [0.29, 0.717) is 5.75 Å². The SMILES string of the molecule is CON=C(C)C(=O)Oc1cc(Br)ccc1C. The summed E-state index contributed by atoms with van der Waals surface area (Å²) in [6.07, 6.45) is 0. The Morgan fingerprint density at radius 2 is 2.12 bits per heavy atom. The van der Waals surface area contributed by atoms with Crippen LogP contribution in [0.1, 0.15) is 12.5 Å². The van der Waals surface area contributed by atoms with Crippen molar-refractivity contribution in [2.45, 2.75) is 13.8 Å². The van der Waals surface area contributed by atoms with Crippen molar-refractivity contribution in [2.24, 2.45) is 5.16 Å². The van der Waals surface area contributed by atoms with Crippen molar-refractivity contribution >= 4 is 27.6 Å². The van der Waals surface area contributed by atoms with Crippen LogP contribution in [0.5, 0.6) is 5.75 Å². The lowest BCUT2D eigenvalue weighted by atomic mass is 10.2. The van der Waals surface area contributed by atoms with E-state index in [-0.39, 0.29) is 5.71 Å². The molecule has 5 heteroatoms. The topological polar surface area (TPSA) is 47.9 Å². The Morgan fingerprint density at radius 1 is 1.44 bits per heavy atom. The number of ether oxygens (including phenoxy) is 1. The summed E-state index contributed by atoms with van der Waals surface area (Å²) in [4.78, 5) is 16.0. The third-order valence-electron chi connectivity index (χ3n) is 1.88. The van der Waals surface area contributed by atoms with E-state index >= 15 is 0 Å². The number of carbonyl (C=O) groups is 1. The van der Waals surface area contributed by atoms with Gasteiger partial charge in [-0.15, -0.1) is 0 Å². The number of esters is 1. The van der Waals surface area contributed by atoms with Crippen molar-refractivity contribution < 1.29 is 14.4 Å². The second kappa shape index (κ2) is 5.65. The lowest BCUT2D eigenvalue weighted by molar-refractivity contribution is -0.127. The van der Waals surface area contributed by atoms with Crippen molar-refractivity contribution in [3.8, 4) is 5.75 Å². The van der Waals surface area contributed by atoms with Crippen molar-refractivity contribution in [3.05, 3.63) is 28.2 Å². The fourth-order valence-corrected chi connectivity index (χ4v) is 1.37. The monoisotopic (exact) mass is 285 g/mol. The first kappa shape index (κ1) is 12.7. The molecule has 0 N–H and O–H groups in total. The minimum Gasteiger partial charge on any atom is -0.422 e. The molecule has 0 unspecified atom stereocenters. The van der Waals surface area contributed by atoms with Gasteiger partial charge in [-0.3, -0.25) is 0 Å². The molecule has 4 nitrogen and oxygen atoms in total. The van der Waals surface area contributed by atoms with E-state index in [9.17, 15) is 4.79 Å². The summed E-state index contributed by atoms with van der Waals surface area (Å²) in [5.41, 5.74) is 1.05. The number of oxime groups is 1. The summed E-state index contributed by atoms with van der Waals surface area (Å²) >= 11 is 3.31. The Labute approximate surface area is 102 Å². The van der Waals surface area contributed by atoms with Gasteiger partial charge in [0.25, 0.3) is 0 Å². The minimum absolute atomic E-state index is 0.168. The molecule has 0 aromatic heterocycles. The van der Waals surface area contributed by atoms with Gasteiger partial charge in [-0.1, -0.05) is 27.2 Å². The van der Waals surface area contributed by atoms with Crippen LogP contribution in [0.15, 0.2) is 27.8 Å². The number of hydrogen-bond acceptors (Lipinski definition) is 4. The van der Waals surface area contributed by atoms with E-state index in [1.54, 1.807) is 6.07 Å². The van der Waals surface area contributed by atoms with Gasteiger partial charge >= 0.3 is 5.97 Å². The molecule has 0 atom stereocenters. The van der Waals surface area contributed by atoms with Crippen molar-refractivity contribution in [3.63, 3.8) is 0 Å². The highest BCUT2D eigenvalue weighted by molar-refractivity contribution is 9.10. The summed E-state index contributed by atoms with van der Waals surface area (Å²) in [6, 6.07) is 5.46. The molecule has 0 aliphatic carbocycles. The standard InChI is InChI=1S/C11H12BrNO3/c1-7-4-5-9(12)6-10(7)16-11(14)8(2)13-15-3/h4-6H,1-3H3. The van der Waals surface area contributed by atoms with Gasteiger partial charge in [-0.05, 0) is 31.5 Å². The van der Waals surface area contributed by atoms with Crippen LogP contribution in [-0.4, -0.2) is 18.8 Å². The Balaban J connectivity index is 2.84. The molecule has 16 heavy (non-hydrogen) atoms. The Bertz CT molecular complexity index is 429. The molecule has 0 saturated carbocycles. The van der Waals surface area contributed by atoms with Crippen molar-refractivity contribution in [1.82, 2.24) is 0 Å². The van der Waals surface area contributed by atoms with E-state index in [0.717, 1.165) is 10.0 Å². The average molecular weight is 286 g/mol. The lowest BCUT2D eigenvalue weighted by Crippen LogP contribution is -2.18. The van der Waals surface area contributed by atoms with Crippen molar-refractivity contribution in [2.75, 3.05) is 7.11 Å². The molecule has 0 amide bonds. The van der Waals surface area contributed by atoms with Crippen LogP contribution in [0.25, 0.3) is 0 Å². The summed E-state index contributed by atoms with van der Waals surface area (Å²) in [5, 5.41) is 3.50. The summed E-state index contributed by atoms with van der Waals surface area (Å²) < 4.78 is 6.01. The Kier molecular flexibility index (Phi) is 4.49. The number of carbonyl (C=O) groups excluding carboxylic acids is 1. The molecule has 1 aromatic carbocycles. The third kappa shape index (κ3) is 3.34. The van der Waals surface area contributed by atoms with E-state index in [1.807, 2.05) is 19.1 Å². The normalized spacial score (nSPS) is 11.1. The van der Waals surface area contributed by atoms with Gasteiger partial charge in [-0.25, -0.2) is 4.79 Å². The quantitative estimate of drug-likeness (QED) is 0.371. The van der Waals surface area contributed by atoms with E-state index in [2.05, 4.69) is 25.9 Å². The maximum Gasteiger partial charge on any atom is 0.361 e. The van der Waals surface area contributed by atoms with Crippen LogP contribution in [0.2, 0.25) is 0 Å². The molecule has 1 aromatic rings. The van der Waals surface area contributed by atoms with Crippen LogP contribution in [0, 0.1) is 6.92 Å². The molecule has 0 bridgehead atoms. The zero-order valence-electron chi connectivity index (χ0n) is 9.28. The van der Waals surface area contributed by atoms with Crippen LogP contribution < -0.4 is 4.74 Å². The summed E-state index contributed by atoms with van der Waals surface area (Å²) in [5.74, 6) is -0.0203. The molecule has 0 aliphatic heterocycles. The van der Waals surface area contributed by atoms with Gasteiger partial charge in [-0.2, -0.15) is 0 Å². The van der Waals surface area contributed by atoms with Gasteiger partial charge in [0.15, 0.2) is 5.71 Å². The maximum atomic E-state index is 11.5. The highest BCUT2D eigenvalue weighted by atomic mass is 79.9. The molecule has 0 saturated heterocycles. The van der Waals surface area contributed by atoms with Gasteiger partial charge < -0.3 is 9.57 Å². The van der Waals surface area contributed by atoms with Gasteiger partial charge in [0.05, 0.1) is 0 Å². The van der Waals surface area contributed by atoms with Gasteiger partial charge in [0.1, 0.15) is 12.9 Å². The largest absolute Gasteiger partial charge is 0.422 e. The summed E-state index contributed by atoms with van der Waals surface area (Å²) in [7, 11) is 1.38. The van der Waals surface area contributed by atoms with Crippen LogP contribution in [0.3, 0.4) is 0 Å².